The molecule has 0 bridgehead atoms. The summed E-state index contributed by atoms with van der Waals surface area (Å²) in [4.78, 5) is 3.74. The number of pyridine rings is 1. The molecule has 1 aromatic heterocycles. The monoisotopic (exact) mass is 215 g/mol. The Kier molecular flexibility index (Phi) is 3.00. The molecule has 0 saturated carbocycles. The van der Waals surface area contributed by atoms with Gasteiger partial charge < -0.3 is 0 Å². The number of halogens is 1. The lowest BCUT2D eigenvalue weighted by Crippen LogP contribution is -1.90. The van der Waals surface area contributed by atoms with Crippen LogP contribution in [0.25, 0.3) is 11.1 Å². The second-order valence-corrected chi connectivity index (χ2v) is 3.89. The summed E-state index contributed by atoms with van der Waals surface area (Å²) in [6.07, 6.45) is 2.58. The molecular weight excluding hydrogens is 201 g/mol. The molecule has 0 unspecified atom stereocenters. The standard InChI is InChI=1S/C14H14FN/c1-3-11-5-4-6-12(8-11)13-7-10(2)14(15)16-9-13/h4-9H,3H2,1-2H3. The van der Waals surface area contributed by atoms with E-state index in [-0.39, 0.29) is 0 Å². The summed E-state index contributed by atoms with van der Waals surface area (Å²) in [7, 11) is 0. The molecule has 0 aliphatic carbocycles. The molecule has 16 heavy (non-hydrogen) atoms. The number of hydrogen-bond donors (Lipinski definition) is 0. The number of rotatable bonds is 2. The first-order chi connectivity index (χ1) is 7.70. The van der Waals surface area contributed by atoms with Gasteiger partial charge in [-0.25, -0.2) is 4.98 Å². The predicted octanol–water partition coefficient (Wildman–Crippen LogP) is 3.76. The maximum absolute atomic E-state index is 13.0. The molecule has 2 aromatic rings. The molecule has 0 aliphatic rings. The van der Waals surface area contributed by atoms with Crippen molar-refractivity contribution in [3.8, 4) is 11.1 Å². The average molecular weight is 215 g/mol. The fourth-order valence-corrected chi connectivity index (χ4v) is 1.69. The third-order valence-corrected chi connectivity index (χ3v) is 2.68. The predicted molar refractivity (Wildman–Crippen MR) is 63.7 cm³/mol. The molecular formula is C14H14FN. The van der Waals surface area contributed by atoms with Crippen LogP contribution >= 0.6 is 0 Å². The Bertz CT molecular complexity index is 506. The molecule has 0 amide bonds. The highest BCUT2D eigenvalue weighted by Crippen LogP contribution is 2.21. The summed E-state index contributed by atoms with van der Waals surface area (Å²) in [5.41, 5.74) is 3.92. The maximum Gasteiger partial charge on any atom is 0.215 e. The van der Waals surface area contributed by atoms with Crippen LogP contribution in [0, 0.1) is 12.9 Å². The third kappa shape index (κ3) is 2.11. The van der Waals surface area contributed by atoms with Crippen LogP contribution in [-0.2, 0) is 6.42 Å². The Morgan fingerprint density at radius 1 is 1.19 bits per heavy atom. The van der Waals surface area contributed by atoms with Crippen molar-refractivity contribution in [2.75, 3.05) is 0 Å². The van der Waals surface area contributed by atoms with Gasteiger partial charge in [0, 0.05) is 17.3 Å². The van der Waals surface area contributed by atoms with E-state index in [0.29, 0.717) is 5.56 Å². The van der Waals surface area contributed by atoms with Crippen LogP contribution in [0.5, 0.6) is 0 Å². The van der Waals surface area contributed by atoms with Gasteiger partial charge in [-0.3, -0.25) is 0 Å². The molecule has 0 aliphatic heterocycles. The van der Waals surface area contributed by atoms with E-state index in [9.17, 15) is 4.39 Å². The van der Waals surface area contributed by atoms with E-state index in [4.69, 9.17) is 0 Å². The van der Waals surface area contributed by atoms with Crippen molar-refractivity contribution >= 4 is 0 Å². The number of benzene rings is 1. The van der Waals surface area contributed by atoms with Gasteiger partial charge in [-0.05, 0) is 30.5 Å². The van der Waals surface area contributed by atoms with Gasteiger partial charge in [-0.1, -0.05) is 31.2 Å². The van der Waals surface area contributed by atoms with Crippen LogP contribution in [0.15, 0.2) is 36.5 Å². The van der Waals surface area contributed by atoms with Crippen molar-refractivity contribution in [2.45, 2.75) is 20.3 Å². The molecule has 82 valence electrons. The van der Waals surface area contributed by atoms with Gasteiger partial charge in [0.15, 0.2) is 0 Å². The molecule has 2 rings (SSSR count). The zero-order valence-corrected chi connectivity index (χ0v) is 9.50. The summed E-state index contributed by atoms with van der Waals surface area (Å²) in [5, 5.41) is 0. The number of aromatic nitrogens is 1. The summed E-state index contributed by atoms with van der Waals surface area (Å²) in [6, 6.07) is 10.1. The van der Waals surface area contributed by atoms with Gasteiger partial charge in [0.25, 0.3) is 0 Å². The molecule has 1 heterocycles. The molecule has 1 nitrogen and oxygen atoms in total. The van der Waals surface area contributed by atoms with Crippen molar-refractivity contribution < 1.29 is 4.39 Å². The average Bonchev–Trinajstić information content (AvgIpc) is 2.33. The fraction of sp³-hybridized carbons (Fsp3) is 0.214. The maximum atomic E-state index is 13.0. The van der Waals surface area contributed by atoms with Gasteiger partial charge in [0.05, 0.1) is 0 Å². The molecule has 0 radical (unpaired) electrons. The zero-order valence-electron chi connectivity index (χ0n) is 9.50. The van der Waals surface area contributed by atoms with Crippen LogP contribution in [-0.4, -0.2) is 4.98 Å². The van der Waals surface area contributed by atoms with Crippen molar-refractivity contribution in [3.63, 3.8) is 0 Å². The van der Waals surface area contributed by atoms with Gasteiger partial charge in [-0.15, -0.1) is 0 Å². The number of aryl methyl sites for hydroxylation is 2. The van der Waals surface area contributed by atoms with E-state index in [1.807, 2.05) is 18.2 Å². The quantitative estimate of drug-likeness (QED) is 0.695. The van der Waals surface area contributed by atoms with Crippen LogP contribution in [0.2, 0.25) is 0 Å². The largest absolute Gasteiger partial charge is 0.227 e. The topological polar surface area (TPSA) is 12.9 Å². The zero-order chi connectivity index (χ0) is 11.5. The second kappa shape index (κ2) is 4.44. The van der Waals surface area contributed by atoms with Crippen molar-refractivity contribution in [1.29, 1.82) is 0 Å². The van der Waals surface area contributed by atoms with Gasteiger partial charge in [0.2, 0.25) is 5.95 Å². The Labute approximate surface area is 95.0 Å². The first kappa shape index (κ1) is 10.8. The second-order valence-electron chi connectivity index (χ2n) is 3.89. The molecule has 0 atom stereocenters. The van der Waals surface area contributed by atoms with Gasteiger partial charge >= 0.3 is 0 Å². The molecule has 0 N–H and O–H groups in total. The Morgan fingerprint density at radius 3 is 2.69 bits per heavy atom. The first-order valence-corrected chi connectivity index (χ1v) is 5.42. The van der Waals surface area contributed by atoms with Gasteiger partial charge in [-0.2, -0.15) is 4.39 Å². The Hall–Kier alpha value is -1.70. The minimum absolute atomic E-state index is 0.393. The summed E-state index contributed by atoms with van der Waals surface area (Å²) < 4.78 is 13.0. The highest BCUT2D eigenvalue weighted by molar-refractivity contribution is 5.63. The summed E-state index contributed by atoms with van der Waals surface area (Å²) in [5.74, 6) is -0.393. The number of hydrogen-bond acceptors (Lipinski definition) is 1. The van der Waals surface area contributed by atoms with Crippen LogP contribution in [0.1, 0.15) is 18.1 Å². The smallest absolute Gasteiger partial charge is 0.215 e. The first-order valence-electron chi connectivity index (χ1n) is 5.42. The van der Waals surface area contributed by atoms with E-state index in [1.165, 1.54) is 5.56 Å². The van der Waals surface area contributed by atoms with E-state index in [1.54, 1.807) is 13.1 Å². The summed E-state index contributed by atoms with van der Waals surface area (Å²) >= 11 is 0. The lowest BCUT2D eigenvalue weighted by atomic mass is 10.0. The van der Waals surface area contributed by atoms with E-state index < -0.39 is 5.95 Å². The third-order valence-electron chi connectivity index (χ3n) is 2.68. The van der Waals surface area contributed by atoms with E-state index >= 15 is 0 Å². The Balaban J connectivity index is 2.46. The SMILES string of the molecule is CCc1cccc(-c2cnc(F)c(C)c2)c1. The minimum Gasteiger partial charge on any atom is -0.227 e. The highest BCUT2D eigenvalue weighted by atomic mass is 19.1. The van der Waals surface area contributed by atoms with Crippen molar-refractivity contribution in [3.05, 3.63) is 53.6 Å². The molecule has 1 aromatic carbocycles. The number of nitrogens with zero attached hydrogens (tertiary/aromatic N) is 1. The Morgan fingerprint density at radius 2 is 2.00 bits per heavy atom. The summed E-state index contributed by atoms with van der Waals surface area (Å²) in [6.45, 7) is 3.85. The van der Waals surface area contributed by atoms with Crippen LogP contribution in [0.3, 0.4) is 0 Å². The van der Waals surface area contributed by atoms with Crippen LogP contribution < -0.4 is 0 Å². The molecule has 0 fully saturated rings. The van der Waals surface area contributed by atoms with E-state index in [2.05, 4.69) is 24.0 Å². The molecule has 0 spiro atoms. The van der Waals surface area contributed by atoms with Crippen molar-refractivity contribution in [2.24, 2.45) is 0 Å². The lowest BCUT2D eigenvalue weighted by Gasteiger charge is -2.05. The lowest BCUT2D eigenvalue weighted by molar-refractivity contribution is 0.575. The normalized spacial score (nSPS) is 10.4. The van der Waals surface area contributed by atoms with Gasteiger partial charge in [0.1, 0.15) is 0 Å². The molecule has 2 heteroatoms. The molecule has 0 saturated heterocycles. The van der Waals surface area contributed by atoms with E-state index in [0.717, 1.165) is 17.5 Å². The minimum atomic E-state index is -0.393. The highest BCUT2D eigenvalue weighted by Gasteiger charge is 2.03. The van der Waals surface area contributed by atoms with Crippen molar-refractivity contribution in [1.82, 2.24) is 4.98 Å². The fourth-order valence-electron chi connectivity index (χ4n) is 1.69. The van der Waals surface area contributed by atoms with Crippen LogP contribution in [0.4, 0.5) is 4.39 Å².